The van der Waals surface area contributed by atoms with Crippen LogP contribution in [0.15, 0.2) is 24.3 Å². The van der Waals surface area contributed by atoms with Gasteiger partial charge >= 0.3 is 0 Å². The molecule has 0 unspecified atom stereocenters. The summed E-state index contributed by atoms with van der Waals surface area (Å²) >= 11 is 0. The summed E-state index contributed by atoms with van der Waals surface area (Å²) in [6.45, 7) is 20.0. The van der Waals surface area contributed by atoms with Crippen LogP contribution in [0.2, 0.25) is 0 Å². The van der Waals surface area contributed by atoms with Crippen molar-refractivity contribution in [1.29, 1.82) is 0 Å². The summed E-state index contributed by atoms with van der Waals surface area (Å²) in [6.07, 6.45) is 0. The molecule has 0 atom stereocenters. The molecule has 2 amide bonds. The summed E-state index contributed by atoms with van der Waals surface area (Å²) in [5.74, 6) is -0.0322. The number of nitrogens with zero attached hydrogens (tertiary/aromatic N) is 2. The van der Waals surface area contributed by atoms with Crippen LogP contribution in [-0.2, 0) is 11.3 Å². The van der Waals surface area contributed by atoms with Gasteiger partial charge in [0.25, 0.3) is 5.91 Å². The number of piperazine rings is 1. The minimum Gasteiger partial charge on any atom is -0.352 e. The van der Waals surface area contributed by atoms with Crippen molar-refractivity contribution in [2.45, 2.75) is 48.1 Å². The van der Waals surface area contributed by atoms with Crippen LogP contribution in [0.25, 0.3) is 0 Å². The fourth-order valence-corrected chi connectivity index (χ4v) is 3.49. The topological polar surface area (TPSA) is 64.7 Å². The van der Waals surface area contributed by atoms with Crippen molar-refractivity contribution in [2.24, 2.45) is 10.8 Å². The monoisotopic (exact) mass is 416 g/mol. The lowest BCUT2D eigenvalue weighted by atomic mass is 9.95. The van der Waals surface area contributed by atoms with Gasteiger partial charge in [0.2, 0.25) is 5.91 Å². The second kappa shape index (κ2) is 10.4. The molecule has 1 heterocycles. The van der Waals surface area contributed by atoms with E-state index in [1.54, 1.807) is 0 Å². The summed E-state index contributed by atoms with van der Waals surface area (Å²) in [4.78, 5) is 29.3. The Hall–Kier alpha value is -1.92. The minimum atomic E-state index is -0.404. The molecule has 1 fully saturated rings. The van der Waals surface area contributed by atoms with Crippen LogP contribution in [0.4, 0.5) is 0 Å². The van der Waals surface area contributed by atoms with Crippen LogP contribution in [0.3, 0.4) is 0 Å². The Balaban J connectivity index is 1.69. The Morgan fingerprint density at radius 2 is 1.43 bits per heavy atom. The zero-order valence-corrected chi connectivity index (χ0v) is 19.7. The molecular weight excluding hydrogens is 376 g/mol. The van der Waals surface area contributed by atoms with Crippen molar-refractivity contribution in [2.75, 3.05) is 45.8 Å². The Kier molecular flexibility index (Phi) is 8.44. The van der Waals surface area contributed by atoms with Crippen molar-refractivity contribution >= 4 is 11.8 Å². The normalized spacial score (nSPS) is 16.3. The zero-order chi connectivity index (χ0) is 22.4. The van der Waals surface area contributed by atoms with E-state index >= 15 is 0 Å². The number of benzene rings is 1. The number of rotatable bonds is 7. The van der Waals surface area contributed by atoms with E-state index in [4.69, 9.17) is 0 Å². The third-order valence-corrected chi connectivity index (χ3v) is 5.23. The van der Waals surface area contributed by atoms with Gasteiger partial charge in [-0.1, -0.05) is 53.7 Å². The van der Waals surface area contributed by atoms with E-state index in [9.17, 15) is 9.59 Å². The Bertz CT molecular complexity index is 693. The quantitative estimate of drug-likeness (QED) is 0.717. The highest BCUT2D eigenvalue weighted by molar-refractivity contribution is 5.94. The van der Waals surface area contributed by atoms with Gasteiger partial charge in [-0.25, -0.2) is 0 Å². The van der Waals surface area contributed by atoms with Crippen LogP contribution >= 0.6 is 0 Å². The largest absolute Gasteiger partial charge is 0.352 e. The van der Waals surface area contributed by atoms with Crippen LogP contribution in [-0.4, -0.2) is 67.4 Å². The summed E-state index contributed by atoms with van der Waals surface area (Å²) < 4.78 is 0. The molecule has 1 aliphatic rings. The highest BCUT2D eigenvalue weighted by Gasteiger charge is 2.22. The lowest BCUT2D eigenvalue weighted by Gasteiger charge is -2.37. The molecule has 0 bridgehead atoms. The van der Waals surface area contributed by atoms with Gasteiger partial charge in [0.1, 0.15) is 0 Å². The maximum atomic E-state index is 12.4. The third kappa shape index (κ3) is 8.44. The van der Waals surface area contributed by atoms with Gasteiger partial charge in [0.05, 0.1) is 0 Å². The second-order valence-corrected chi connectivity index (χ2v) is 10.6. The predicted molar refractivity (Wildman–Crippen MR) is 122 cm³/mol. The van der Waals surface area contributed by atoms with E-state index in [-0.39, 0.29) is 11.8 Å². The SMILES string of the molecule is CC(C)(C)CN1CCN(CCNC(=O)c2ccc(CNC(=O)C(C)(C)C)cc2)CC1. The van der Waals surface area contributed by atoms with Crippen LogP contribution in [0, 0.1) is 10.8 Å². The molecule has 1 aromatic carbocycles. The predicted octanol–water partition coefficient (Wildman–Crippen LogP) is 2.74. The van der Waals surface area contributed by atoms with E-state index < -0.39 is 5.41 Å². The van der Waals surface area contributed by atoms with Crippen LogP contribution in [0.5, 0.6) is 0 Å². The van der Waals surface area contributed by atoms with Gasteiger partial charge in [-0.05, 0) is 23.1 Å². The third-order valence-electron chi connectivity index (χ3n) is 5.23. The number of amides is 2. The Morgan fingerprint density at radius 3 is 1.97 bits per heavy atom. The minimum absolute atomic E-state index is 0.0172. The van der Waals surface area contributed by atoms with Gasteiger partial charge in [-0.2, -0.15) is 0 Å². The van der Waals surface area contributed by atoms with Gasteiger partial charge in [-0.15, -0.1) is 0 Å². The Labute approximate surface area is 182 Å². The van der Waals surface area contributed by atoms with Crippen LogP contribution in [0.1, 0.15) is 57.5 Å². The zero-order valence-electron chi connectivity index (χ0n) is 19.7. The number of hydrogen-bond acceptors (Lipinski definition) is 4. The van der Waals surface area contributed by atoms with Crippen molar-refractivity contribution in [1.82, 2.24) is 20.4 Å². The molecule has 2 rings (SSSR count). The highest BCUT2D eigenvalue weighted by Crippen LogP contribution is 2.16. The average molecular weight is 417 g/mol. The number of carbonyl (C=O) groups excluding carboxylic acids is 2. The van der Waals surface area contributed by atoms with Gasteiger partial charge in [0.15, 0.2) is 0 Å². The van der Waals surface area contributed by atoms with E-state index in [1.165, 1.54) is 0 Å². The standard InChI is InChI=1S/C24H40N4O2/c1-23(2,3)18-28-15-13-27(14-16-28)12-11-25-21(29)20-9-7-19(8-10-20)17-26-22(30)24(4,5)6/h7-10H,11-18H2,1-6H3,(H,25,29)(H,26,30). The Morgan fingerprint density at radius 1 is 0.867 bits per heavy atom. The molecule has 0 saturated carbocycles. The van der Waals surface area contributed by atoms with Crippen LogP contribution < -0.4 is 10.6 Å². The van der Waals surface area contributed by atoms with E-state index in [0.717, 1.165) is 44.8 Å². The first-order valence-corrected chi connectivity index (χ1v) is 11.0. The first-order valence-electron chi connectivity index (χ1n) is 11.0. The van der Waals surface area contributed by atoms with Gasteiger partial charge in [-0.3, -0.25) is 14.5 Å². The summed E-state index contributed by atoms with van der Waals surface area (Å²) in [5.41, 5.74) is 1.57. The number of carbonyl (C=O) groups is 2. The summed E-state index contributed by atoms with van der Waals surface area (Å²) in [7, 11) is 0. The highest BCUT2D eigenvalue weighted by atomic mass is 16.2. The number of nitrogens with one attached hydrogen (secondary N) is 2. The first-order chi connectivity index (χ1) is 13.9. The van der Waals surface area contributed by atoms with Crippen molar-refractivity contribution < 1.29 is 9.59 Å². The lowest BCUT2D eigenvalue weighted by molar-refractivity contribution is -0.128. The van der Waals surface area contributed by atoms with Crippen molar-refractivity contribution in [3.8, 4) is 0 Å². The molecule has 6 nitrogen and oxygen atoms in total. The van der Waals surface area contributed by atoms with Crippen molar-refractivity contribution in [3.63, 3.8) is 0 Å². The van der Waals surface area contributed by atoms with Gasteiger partial charge < -0.3 is 15.5 Å². The summed E-state index contributed by atoms with van der Waals surface area (Å²) in [5, 5.41) is 5.95. The smallest absolute Gasteiger partial charge is 0.251 e. The molecular formula is C24H40N4O2. The molecule has 0 spiro atoms. The molecule has 1 saturated heterocycles. The molecule has 6 heteroatoms. The van der Waals surface area contributed by atoms with E-state index in [2.05, 4.69) is 41.2 Å². The fourth-order valence-electron chi connectivity index (χ4n) is 3.49. The van der Waals surface area contributed by atoms with Gasteiger partial charge in [0, 0.05) is 63.3 Å². The first kappa shape index (κ1) is 24.4. The fraction of sp³-hybridized carbons (Fsp3) is 0.667. The summed E-state index contributed by atoms with van der Waals surface area (Å²) in [6, 6.07) is 7.43. The maximum absolute atomic E-state index is 12.4. The molecule has 30 heavy (non-hydrogen) atoms. The molecule has 0 radical (unpaired) electrons. The molecule has 1 aliphatic heterocycles. The second-order valence-electron chi connectivity index (χ2n) is 10.6. The van der Waals surface area contributed by atoms with Crippen molar-refractivity contribution in [3.05, 3.63) is 35.4 Å². The molecule has 168 valence electrons. The molecule has 2 N–H and O–H groups in total. The average Bonchev–Trinajstić information content (AvgIpc) is 2.66. The number of hydrogen-bond donors (Lipinski definition) is 2. The van der Waals surface area contributed by atoms with E-state index in [1.807, 2.05) is 45.0 Å². The molecule has 0 aliphatic carbocycles. The van der Waals surface area contributed by atoms with E-state index in [0.29, 0.717) is 24.1 Å². The maximum Gasteiger partial charge on any atom is 0.251 e. The lowest BCUT2D eigenvalue weighted by Crippen LogP contribution is -2.50. The molecule has 0 aromatic heterocycles. The molecule has 1 aromatic rings.